The number of nitrogens with one attached hydrogen (secondary N) is 1. The molecule has 3 aromatic rings. The van der Waals surface area contributed by atoms with Gasteiger partial charge in [0.05, 0.1) is 12.8 Å². The van der Waals surface area contributed by atoms with Gasteiger partial charge < -0.3 is 19.9 Å². The minimum atomic E-state index is -1.06. The predicted octanol–water partition coefficient (Wildman–Crippen LogP) is 3.74. The Morgan fingerprint density at radius 3 is 2.33 bits per heavy atom. The number of carbonyl (C=O) groups is 2. The van der Waals surface area contributed by atoms with Crippen molar-refractivity contribution in [2.45, 2.75) is 13.0 Å². The zero-order valence-electron chi connectivity index (χ0n) is 14.9. The van der Waals surface area contributed by atoms with Crippen LogP contribution in [0.1, 0.15) is 17.3 Å². The lowest BCUT2D eigenvalue weighted by Gasteiger charge is -2.15. The molecule has 0 radical (unpaired) electrons. The molecule has 6 nitrogen and oxygen atoms in total. The number of benzene rings is 3. The Balaban J connectivity index is 1.73. The van der Waals surface area contributed by atoms with Gasteiger partial charge in [-0.3, -0.25) is 4.79 Å². The summed E-state index contributed by atoms with van der Waals surface area (Å²) in [4.78, 5) is 24.8. The van der Waals surface area contributed by atoms with Gasteiger partial charge in [0, 0.05) is 0 Å². The number of carbonyl (C=O) groups excluding carboxylic acids is 2. The molecule has 3 rings (SSSR count). The lowest BCUT2D eigenvalue weighted by Crippen LogP contribution is -2.30. The van der Waals surface area contributed by atoms with Crippen LogP contribution in [0.4, 0.5) is 5.69 Å². The van der Waals surface area contributed by atoms with Crippen LogP contribution >= 0.6 is 0 Å². The Morgan fingerprint density at radius 2 is 1.63 bits per heavy atom. The average molecular weight is 365 g/mol. The number of hydrogen-bond donors (Lipinski definition) is 2. The molecule has 0 aliphatic carbocycles. The van der Waals surface area contributed by atoms with Gasteiger partial charge in [-0.15, -0.1) is 0 Å². The van der Waals surface area contributed by atoms with Gasteiger partial charge in [-0.25, -0.2) is 4.79 Å². The fourth-order valence-electron chi connectivity index (χ4n) is 2.65. The van der Waals surface area contributed by atoms with Crippen molar-refractivity contribution < 1.29 is 24.2 Å². The van der Waals surface area contributed by atoms with Gasteiger partial charge in [-0.2, -0.15) is 0 Å². The lowest BCUT2D eigenvalue weighted by molar-refractivity contribution is -0.123. The van der Waals surface area contributed by atoms with Gasteiger partial charge >= 0.3 is 5.97 Å². The van der Waals surface area contributed by atoms with Gasteiger partial charge in [0.15, 0.2) is 6.10 Å². The van der Waals surface area contributed by atoms with E-state index in [0.29, 0.717) is 11.4 Å². The number of esters is 1. The number of phenols is 1. The van der Waals surface area contributed by atoms with Gasteiger partial charge in [0.1, 0.15) is 17.1 Å². The van der Waals surface area contributed by atoms with Crippen LogP contribution in [0.15, 0.2) is 60.7 Å². The molecule has 1 amide bonds. The van der Waals surface area contributed by atoms with Crippen molar-refractivity contribution in [3.8, 4) is 11.5 Å². The van der Waals surface area contributed by atoms with Crippen LogP contribution in [-0.2, 0) is 9.53 Å². The molecule has 0 fully saturated rings. The zero-order chi connectivity index (χ0) is 19.4. The molecule has 0 aliphatic heterocycles. The first kappa shape index (κ1) is 18.3. The Kier molecular flexibility index (Phi) is 5.26. The molecule has 0 saturated carbocycles. The summed E-state index contributed by atoms with van der Waals surface area (Å²) in [6.45, 7) is 1.46. The molecular formula is C21H19NO5. The Hall–Kier alpha value is -3.54. The fourth-order valence-corrected chi connectivity index (χ4v) is 2.65. The van der Waals surface area contributed by atoms with Crippen LogP contribution in [0.25, 0.3) is 10.8 Å². The van der Waals surface area contributed by atoms with E-state index in [0.717, 1.165) is 10.8 Å². The number of rotatable bonds is 5. The highest BCUT2D eigenvalue weighted by Gasteiger charge is 2.22. The number of amides is 1. The normalized spacial score (nSPS) is 11.6. The summed E-state index contributed by atoms with van der Waals surface area (Å²) >= 11 is 0. The highest BCUT2D eigenvalue weighted by atomic mass is 16.5. The Bertz CT molecular complexity index is 999. The summed E-state index contributed by atoms with van der Waals surface area (Å²) in [7, 11) is 1.50. The number of ether oxygens (including phenoxy) is 2. The molecule has 2 N–H and O–H groups in total. The first-order valence-corrected chi connectivity index (χ1v) is 8.36. The summed E-state index contributed by atoms with van der Waals surface area (Å²) in [5.74, 6) is -0.985. The highest BCUT2D eigenvalue weighted by Crippen LogP contribution is 2.26. The molecule has 0 bridgehead atoms. The first-order chi connectivity index (χ1) is 13.0. The van der Waals surface area contributed by atoms with Crippen LogP contribution in [0, 0.1) is 0 Å². The van der Waals surface area contributed by atoms with Crippen molar-refractivity contribution >= 4 is 28.3 Å². The number of fused-ring (bicyclic) bond motifs is 1. The molecule has 138 valence electrons. The second-order valence-electron chi connectivity index (χ2n) is 5.95. The van der Waals surface area contributed by atoms with E-state index in [1.54, 1.807) is 24.3 Å². The molecule has 0 spiro atoms. The average Bonchev–Trinajstić information content (AvgIpc) is 2.67. The first-order valence-electron chi connectivity index (χ1n) is 8.36. The smallest absolute Gasteiger partial charge is 0.342 e. The third kappa shape index (κ3) is 4.00. The Morgan fingerprint density at radius 1 is 1.00 bits per heavy atom. The topological polar surface area (TPSA) is 84.9 Å². The maximum absolute atomic E-state index is 12.4. The third-order valence-electron chi connectivity index (χ3n) is 4.10. The number of phenolic OH excluding ortho intramolecular Hbond substituents is 1. The van der Waals surface area contributed by atoms with Gasteiger partial charge in [0.2, 0.25) is 0 Å². The van der Waals surface area contributed by atoms with Crippen LogP contribution in [0.3, 0.4) is 0 Å². The van der Waals surface area contributed by atoms with Gasteiger partial charge in [0.25, 0.3) is 5.91 Å². The van der Waals surface area contributed by atoms with Crippen molar-refractivity contribution in [2.24, 2.45) is 0 Å². The second-order valence-corrected chi connectivity index (χ2v) is 5.95. The minimum Gasteiger partial charge on any atom is -0.507 e. The van der Waals surface area contributed by atoms with Crippen LogP contribution < -0.4 is 10.1 Å². The monoisotopic (exact) mass is 365 g/mol. The van der Waals surface area contributed by atoms with Crippen LogP contribution in [0.2, 0.25) is 0 Å². The van der Waals surface area contributed by atoms with E-state index in [-0.39, 0.29) is 11.3 Å². The standard InChI is InChI=1S/C21H19NO5/c1-13(20(24)22-17-9-5-6-10-19(17)26-2)27-21(25)16-11-14-7-3-4-8-15(14)12-18(16)23/h3-13,23H,1-2H3,(H,22,24)/t13-/m0/s1. The number of para-hydroxylation sites is 2. The second kappa shape index (κ2) is 7.78. The molecule has 6 heteroatoms. The van der Waals surface area contributed by atoms with Crippen molar-refractivity contribution in [2.75, 3.05) is 12.4 Å². The van der Waals surface area contributed by atoms with Gasteiger partial charge in [-0.05, 0) is 42.0 Å². The molecule has 0 heterocycles. The SMILES string of the molecule is COc1ccccc1NC(=O)[C@H](C)OC(=O)c1cc2ccccc2cc1O. The van der Waals surface area contributed by atoms with E-state index in [4.69, 9.17) is 9.47 Å². The highest BCUT2D eigenvalue weighted by molar-refractivity contribution is 6.01. The van der Waals surface area contributed by atoms with Gasteiger partial charge in [-0.1, -0.05) is 36.4 Å². The molecule has 0 aromatic heterocycles. The molecule has 0 saturated heterocycles. The van der Waals surface area contributed by atoms with Crippen molar-refractivity contribution in [1.29, 1.82) is 0 Å². The summed E-state index contributed by atoms with van der Waals surface area (Å²) in [5, 5.41) is 14.4. The maximum Gasteiger partial charge on any atom is 0.342 e. The third-order valence-corrected chi connectivity index (χ3v) is 4.10. The summed E-state index contributed by atoms with van der Waals surface area (Å²) in [5.41, 5.74) is 0.479. The molecule has 27 heavy (non-hydrogen) atoms. The molecular weight excluding hydrogens is 346 g/mol. The van der Waals surface area contributed by atoms with E-state index in [1.807, 2.05) is 24.3 Å². The van der Waals surface area contributed by atoms with E-state index in [9.17, 15) is 14.7 Å². The van der Waals surface area contributed by atoms with Crippen molar-refractivity contribution in [3.63, 3.8) is 0 Å². The molecule has 3 aromatic carbocycles. The number of methoxy groups -OCH3 is 1. The summed E-state index contributed by atoms with van der Waals surface area (Å²) in [6, 6.07) is 17.3. The lowest BCUT2D eigenvalue weighted by atomic mass is 10.1. The van der Waals surface area contributed by atoms with Crippen molar-refractivity contribution in [1.82, 2.24) is 0 Å². The minimum absolute atomic E-state index is 0.00522. The largest absolute Gasteiger partial charge is 0.507 e. The number of aromatic hydroxyl groups is 1. The van der Waals surface area contributed by atoms with E-state index in [2.05, 4.69) is 5.32 Å². The molecule has 1 atom stereocenters. The maximum atomic E-state index is 12.4. The molecule has 0 aliphatic rings. The fraction of sp³-hybridized carbons (Fsp3) is 0.143. The van der Waals surface area contributed by atoms with Crippen LogP contribution in [-0.4, -0.2) is 30.2 Å². The van der Waals surface area contributed by atoms with E-state index >= 15 is 0 Å². The summed E-state index contributed by atoms with van der Waals surface area (Å²) in [6.07, 6.45) is -1.06. The van der Waals surface area contributed by atoms with E-state index < -0.39 is 18.0 Å². The van der Waals surface area contributed by atoms with E-state index in [1.165, 1.54) is 26.2 Å². The Labute approximate surface area is 156 Å². The molecule has 0 unspecified atom stereocenters. The van der Waals surface area contributed by atoms with Crippen LogP contribution in [0.5, 0.6) is 11.5 Å². The predicted molar refractivity (Wildman–Crippen MR) is 102 cm³/mol. The zero-order valence-corrected chi connectivity index (χ0v) is 14.9. The quantitative estimate of drug-likeness (QED) is 0.673. The summed E-state index contributed by atoms with van der Waals surface area (Å²) < 4.78 is 10.4. The number of anilines is 1. The number of hydrogen-bond acceptors (Lipinski definition) is 5. The van der Waals surface area contributed by atoms with Crippen molar-refractivity contribution in [3.05, 3.63) is 66.2 Å².